The van der Waals surface area contributed by atoms with Crippen molar-refractivity contribution < 1.29 is 17.9 Å². The molecule has 0 unspecified atom stereocenters. The van der Waals surface area contributed by atoms with E-state index in [1.807, 2.05) is 0 Å². The highest BCUT2D eigenvalue weighted by molar-refractivity contribution is 7.90. The van der Waals surface area contributed by atoms with Crippen LogP contribution >= 0.6 is 22.9 Å². The summed E-state index contributed by atoms with van der Waals surface area (Å²) < 4.78 is 28.9. The number of fused-ring (bicyclic) bond motifs is 1. The predicted molar refractivity (Wildman–Crippen MR) is 92.3 cm³/mol. The number of nitrogens with zero attached hydrogens (tertiary/aromatic N) is 2. The van der Waals surface area contributed by atoms with E-state index in [0.29, 0.717) is 31.2 Å². The van der Waals surface area contributed by atoms with Crippen LogP contribution in [0.1, 0.15) is 9.67 Å². The molecule has 0 N–H and O–H groups in total. The van der Waals surface area contributed by atoms with Crippen LogP contribution in [-0.4, -0.2) is 37.7 Å². The number of carbonyl (C=O) groups is 1. The van der Waals surface area contributed by atoms with Gasteiger partial charge >= 0.3 is 5.97 Å². The maximum atomic E-state index is 12.1. The SMILES string of the molecule is COC(=O)c1sc2cnc(S(C)(=O)=O)nc2c1-c1ccccc1Cl. The third-order valence-corrected chi connectivity index (χ3v) is 5.54. The molecule has 9 heteroatoms. The molecule has 0 bridgehead atoms. The lowest BCUT2D eigenvalue weighted by molar-refractivity contribution is 0.0607. The van der Waals surface area contributed by atoms with E-state index in [1.165, 1.54) is 13.3 Å². The molecule has 24 heavy (non-hydrogen) atoms. The van der Waals surface area contributed by atoms with Gasteiger partial charge in [0.25, 0.3) is 0 Å². The van der Waals surface area contributed by atoms with Crippen molar-refractivity contribution in [3.05, 3.63) is 40.4 Å². The molecule has 0 spiro atoms. The predicted octanol–water partition coefficient (Wildman–Crippen LogP) is 3.20. The van der Waals surface area contributed by atoms with Gasteiger partial charge in [-0.2, -0.15) is 0 Å². The molecular weight excluding hydrogens is 372 g/mol. The van der Waals surface area contributed by atoms with E-state index >= 15 is 0 Å². The zero-order valence-corrected chi connectivity index (χ0v) is 15.0. The summed E-state index contributed by atoms with van der Waals surface area (Å²) in [6, 6.07) is 6.94. The van der Waals surface area contributed by atoms with Gasteiger partial charge in [-0.15, -0.1) is 11.3 Å². The first kappa shape index (κ1) is 16.8. The number of benzene rings is 1. The van der Waals surface area contributed by atoms with Crippen LogP contribution in [0.25, 0.3) is 21.3 Å². The minimum atomic E-state index is -3.59. The number of carbonyl (C=O) groups excluding carboxylic acids is 1. The van der Waals surface area contributed by atoms with E-state index < -0.39 is 15.8 Å². The fourth-order valence-corrected chi connectivity index (χ4v) is 3.98. The van der Waals surface area contributed by atoms with Gasteiger partial charge in [0.2, 0.25) is 15.0 Å². The number of methoxy groups -OCH3 is 1. The van der Waals surface area contributed by atoms with E-state index in [2.05, 4.69) is 9.97 Å². The summed E-state index contributed by atoms with van der Waals surface area (Å²) in [5, 5.41) is 0.111. The number of sulfone groups is 1. The van der Waals surface area contributed by atoms with Crippen LogP contribution < -0.4 is 0 Å². The van der Waals surface area contributed by atoms with Crippen molar-refractivity contribution in [1.29, 1.82) is 0 Å². The van der Waals surface area contributed by atoms with Crippen LogP contribution in [0.5, 0.6) is 0 Å². The topological polar surface area (TPSA) is 86.2 Å². The second kappa shape index (κ2) is 6.12. The minimum absolute atomic E-state index is 0.292. The second-order valence-electron chi connectivity index (χ2n) is 4.92. The third-order valence-electron chi connectivity index (χ3n) is 3.25. The van der Waals surface area contributed by atoms with Crippen molar-refractivity contribution >= 4 is 49.0 Å². The maximum Gasteiger partial charge on any atom is 0.348 e. The van der Waals surface area contributed by atoms with Gasteiger partial charge in [-0.1, -0.05) is 29.8 Å². The molecule has 1 aromatic carbocycles. The highest BCUT2D eigenvalue weighted by Crippen LogP contribution is 2.40. The van der Waals surface area contributed by atoms with Crippen LogP contribution in [0.3, 0.4) is 0 Å². The molecule has 0 aliphatic rings. The van der Waals surface area contributed by atoms with E-state index in [0.717, 1.165) is 17.6 Å². The monoisotopic (exact) mass is 382 g/mol. The van der Waals surface area contributed by atoms with Crippen molar-refractivity contribution in [2.75, 3.05) is 13.4 Å². The van der Waals surface area contributed by atoms with Gasteiger partial charge in [0.15, 0.2) is 0 Å². The Morgan fingerprint density at radius 3 is 2.62 bits per heavy atom. The highest BCUT2D eigenvalue weighted by Gasteiger charge is 2.24. The highest BCUT2D eigenvalue weighted by atomic mass is 35.5. The van der Waals surface area contributed by atoms with Crippen LogP contribution in [0.2, 0.25) is 5.02 Å². The van der Waals surface area contributed by atoms with E-state index in [9.17, 15) is 13.2 Å². The van der Waals surface area contributed by atoms with E-state index in [1.54, 1.807) is 24.3 Å². The van der Waals surface area contributed by atoms with Gasteiger partial charge in [-0.05, 0) is 6.07 Å². The Labute approximate surface area is 147 Å². The zero-order valence-electron chi connectivity index (χ0n) is 12.6. The van der Waals surface area contributed by atoms with Crippen molar-refractivity contribution in [1.82, 2.24) is 9.97 Å². The number of thiophene rings is 1. The maximum absolute atomic E-state index is 12.1. The standard InChI is InChI=1S/C15H11ClN2O4S2/c1-22-14(19)13-11(8-5-3-4-6-9(8)16)12-10(23-13)7-17-15(18-12)24(2,20)21/h3-7H,1-2H3. The summed E-state index contributed by atoms with van der Waals surface area (Å²) in [5.74, 6) is -0.547. The first-order chi connectivity index (χ1) is 11.3. The summed E-state index contributed by atoms with van der Waals surface area (Å²) in [6.07, 6.45) is 2.41. The molecule has 6 nitrogen and oxygen atoms in total. The molecule has 0 aliphatic heterocycles. The smallest absolute Gasteiger partial charge is 0.348 e. The first-order valence-corrected chi connectivity index (χ1v) is 9.74. The minimum Gasteiger partial charge on any atom is -0.465 e. The number of aromatic nitrogens is 2. The quantitative estimate of drug-likeness (QED) is 0.510. The van der Waals surface area contributed by atoms with Gasteiger partial charge < -0.3 is 4.74 Å². The van der Waals surface area contributed by atoms with Crippen LogP contribution in [0, 0.1) is 0 Å². The molecule has 0 amide bonds. The van der Waals surface area contributed by atoms with Gasteiger partial charge in [0.05, 0.1) is 17.3 Å². The number of ether oxygens (including phenoxy) is 1. The molecule has 2 aromatic heterocycles. The fraction of sp³-hybridized carbons (Fsp3) is 0.133. The Morgan fingerprint density at radius 1 is 1.29 bits per heavy atom. The molecule has 0 saturated heterocycles. The summed E-state index contributed by atoms with van der Waals surface area (Å²) in [6.45, 7) is 0. The van der Waals surface area contributed by atoms with Gasteiger partial charge in [0, 0.05) is 28.6 Å². The normalized spacial score (nSPS) is 11.6. The zero-order chi connectivity index (χ0) is 17.5. The average Bonchev–Trinajstić information content (AvgIpc) is 2.92. The lowest BCUT2D eigenvalue weighted by atomic mass is 10.1. The summed E-state index contributed by atoms with van der Waals surface area (Å²) in [7, 11) is -2.31. The van der Waals surface area contributed by atoms with Gasteiger partial charge in [0.1, 0.15) is 4.88 Å². The van der Waals surface area contributed by atoms with Crippen molar-refractivity contribution in [3.63, 3.8) is 0 Å². The average molecular weight is 383 g/mol. The molecule has 2 heterocycles. The largest absolute Gasteiger partial charge is 0.465 e. The molecular formula is C15H11ClN2O4S2. The Balaban J connectivity index is 2.42. The third kappa shape index (κ3) is 2.88. The lowest BCUT2D eigenvalue weighted by Gasteiger charge is -2.06. The molecule has 0 saturated carbocycles. The molecule has 3 aromatic rings. The number of hydrogen-bond acceptors (Lipinski definition) is 7. The Kier molecular flexibility index (Phi) is 4.29. The van der Waals surface area contributed by atoms with Crippen LogP contribution in [-0.2, 0) is 14.6 Å². The van der Waals surface area contributed by atoms with E-state index in [-0.39, 0.29) is 5.16 Å². The van der Waals surface area contributed by atoms with Crippen molar-refractivity contribution in [3.8, 4) is 11.1 Å². The van der Waals surface area contributed by atoms with Crippen LogP contribution in [0.15, 0.2) is 35.6 Å². The molecule has 0 fully saturated rings. The number of esters is 1. The Morgan fingerprint density at radius 2 is 2.00 bits per heavy atom. The molecule has 0 aliphatic carbocycles. The summed E-state index contributed by atoms with van der Waals surface area (Å²) >= 11 is 7.38. The van der Waals surface area contributed by atoms with Crippen molar-refractivity contribution in [2.45, 2.75) is 5.16 Å². The van der Waals surface area contributed by atoms with Gasteiger partial charge in [-0.25, -0.2) is 23.2 Å². The van der Waals surface area contributed by atoms with Crippen molar-refractivity contribution in [2.24, 2.45) is 0 Å². The van der Waals surface area contributed by atoms with E-state index in [4.69, 9.17) is 16.3 Å². The molecule has 0 atom stereocenters. The Bertz CT molecular complexity index is 1060. The molecule has 3 rings (SSSR count). The number of rotatable bonds is 3. The first-order valence-electron chi connectivity index (χ1n) is 6.65. The van der Waals surface area contributed by atoms with Gasteiger partial charge in [-0.3, -0.25) is 0 Å². The second-order valence-corrected chi connectivity index (χ2v) is 8.28. The number of halogens is 1. The lowest BCUT2D eigenvalue weighted by Crippen LogP contribution is -2.04. The Hall–Kier alpha value is -2.03. The summed E-state index contributed by atoms with van der Waals surface area (Å²) in [4.78, 5) is 20.4. The molecule has 0 radical (unpaired) electrons. The van der Waals surface area contributed by atoms with Crippen LogP contribution in [0.4, 0.5) is 0 Å². The summed E-state index contributed by atoms with van der Waals surface area (Å²) in [5.41, 5.74) is 1.37. The number of hydrogen-bond donors (Lipinski definition) is 0. The molecule has 124 valence electrons. The fourth-order valence-electron chi connectivity index (χ4n) is 2.21.